The van der Waals surface area contributed by atoms with Crippen LogP contribution >= 0.6 is 0 Å². The van der Waals surface area contributed by atoms with Crippen molar-refractivity contribution in [1.29, 1.82) is 0 Å². The third-order valence-corrected chi connectivity index (χ3v) is 5.29. The van der Waals surface area contributed by atoms with Crippen LogP contribution in [0.4, 0.5) is 5.82 Å². The number of ether oxygens (including phenoxy) is 2. The minimum absolute atomic E-state index is 0.127. The number of rotatable bonds is 4. The van der Waals surface area contributed by atoms with Gasteiger partial charge >= 0.3 is 0 Å². The summed E-state index contributed by atoms with van der Waals surface area (Å²) in [5.74, 6) is 0.922. The van der Waals surface area contributed by atoms with Crippen LogP contribution in [0.2, 0.25) is 0 Å². The van der Waals surface area contributed by atoms with Crippen molar-refractivity contribution in [1.82, 2.24) is 24.8 Å². The molecule has 0 radical (unpaired) electrons. The molecule has 5 heterocycles. The van der Waals surface area contributed by atoms with Crippen LogP contribution in [0.3, 0.4) is 0 Å². The Kier molecular flexibility index (Phi) is 4.02. The molecule has 2 aliphatic heterocycles. The zero-order valence-corrected chi connectivity index (χ0v) is 15.3. The molecule has 140 valence electrons. The molecule has 1 atom stereocenters. The van der Waals surface area contributed by atoms with Gasteiger partial charge in [0.15, 0.2) is 5.65 Å². The standard InChI is InChI=1S/C19H22N6O2/c1-14-6-15(9-20-8-14)10-26-16-4-5-27-19(7-16)11-24(12-19)18-3-2-17-22-21-13-25(17)23-18/h2-3,6,8-9,13,16H,4-5,7,10-12H2,1H3/t16-/m0/s1. The molecule has 8 heteroatoms. The molecule has 5 rings (SSSR count). The summed E-state index contributed by atoms with van der Waals surface area (Å²) < 4.78 is 14.0. The summed E-state index contributed by atoms with van der Waals surface area (Å²) in [7, 11) is 0. The molecule has 0 aliphatic carbocycles. The highest BCUT2D eigenvalue weighted by Gasteiger charge is 2.48. The second-order valence-electron chi connectivity index (χ2n) is 7.51. The average Bonchev–Trinajstić information content (AvgIpc) is 3.12. The minimum atomic E-state index is -0.127. The fourth-order valence-electron chi connectivity index (χ4n) is 3.95. The van der Waals surface area contributed by atoms with Gasteiger partial charge in [0.05, 0.1) is 25.8 Å². The Morgan fingerprint density at radius 3 is 3.11 bits per heavy atom. The first kappa shape index (κ1) is 16.6. The van der Waals surface area contributed by atoms with Crippen LogP contribution in [0, 0.1) is 6.92 Å². The Labute approximate surface area is 157 Å². The van der Waals surface area contributed by atoms with Gasteiger partial charge in [0, 0.05) is 25.4 Å². The van der Waals surface area contributed by atoms with Crippen molar-refractivity contribution in [3.05, 3.63) is 48.0 Å². The van der Waals surface area contributed by atoms with Gasteiger partial charge in [-0.25, -0.2) is 0 Å². The van der Waals surface area contributed by atoms with Gasteiger partial charge in [-0.15, -0.1) is 15.3 Å². The predicted molar refractivity (Wildman–Crippen MR) is 98.5 cm³/mol. The molecule has 3 aromatic heterocycles. The summed E-state index contributed by atoms with van der Waals surface area (Å²) in [5, 5.41) is 12.4. The summed E-state index contributed by atoms with van der Waals surface area (Å²) >= 11 is 0. The molecular weight excluding hydrogens is 344 g/mol. The fourth-order valence-corrected chi connectivity index (χ4v) is 3.95. The molecule has 0 saturated carbocycles. The monoisotopic (exact) mass is 366 g/mol. The van der Waals surface area contributed by atoms with Crippen molar-refractivity contribution in [2.24, 2.45) is 0 Å². The normalized spacial score (nSPS) is 21.5. The molecule has 8 nitrogen and oxygen atoms in total. The largest absolute Gasteiger partial charge is 0.373 e. The van der Waals surface area contributed by atoms with Crippen molar-refractivity contribution in [2.75, 3.05) is 24.6 Å². The van der Waals surface area contributed by atoms with Gasteiger partial charge in [-0.05, 0) is 36.6 Å². The molecule has 1 spiro atoms. The van der Waals surface area contributed by atoms with Crippen LogP contribution in [0.15, 0.2) is 36.9 Å². The number of nitrogens with zero attached hydrogens (tertiary/aromatic N) is 6. The van der Waals surface area contributed by atoms with Gasteiger partial charge in [0.1, 0.15) is 17.7 Å². The van der Waals surface area contributed by atoms with E-state index in [-0.39, 0.29) is 11.7 Å². The van der Waals surface area contributed by atoms with Gasteiger partial charge in [0.2, 0.25) is 0 Å². The van der Waals surface area contributed by atoms with Crippen molar-refractivity contribution >= 4 is 11.5 Å². The third kappa shape index (κ3) is 3.26. The topological polar surface area (TPSA) is 77.7 Å². The number of hydrogen-bond acceptors (Lipinski definition) is 7. The second-order valence-corrected chi connectivity index (χ2v) is 7.51. The van der Waals surface area contributed by atoms with E-state index in [9.17, 15) is 0 Å². The van der Waals surface area contributed by atoms with Crippen molar-refractivity contribution in [3.63, 3.8) is 0 Å². The number of pyridine rings is 1. The highest BCUT2D eigenvalue weighted by molar-refractivity contribution is 5.48. The zero-order chi connectivity index (χ0) is 18.3. The van der Waals surface area contributed by atoms with Gasteiger partial charge in [-0.3, -0.25) is 4.98 Å². The number of aryl methyl sites for hydroxylation is 1. The van der Waals surface area contributed by atoms with Crippen LogP contribution in [-0.4, -0.2) is 56.2 Å². The molecular formula is C19H22N6O2. The summed E-state index contributed by atoms with van der Waals surface area (Å²) in [4.78, 5) is 6.46. The Balaban J connectivity index is 1.20. The van der Waals surface area contributed by atoms with E-state index in [1.807, 2.05) is 31.5 Å². The maximum atomic E-state index is 6.17. The lowest BCUT2D eigenvalue weighted by atomic mass is 9.84. The van der Waals surface area contributed by atoms with E-state index in [1.165, 1.54) is 0 Å². The highest BCUT2D eigenvalue weighted by Crippen LogP contribution is 2.37. The van der Waals surface area contributed by atoms with Crippen molar-refractivity contribution in [2.45, 2.75) is 38.1 Å². The zero-order valence-electron chi connectivity index (χ0n) is 15.3. The number of fused-ring (bicyclic) bond motifs is 1. The first-order chi connectivity index (χ1) is 13.2. The van der Waals surface area contributed by atoms with Crippen molar-refractivity contribution in [3.8, 4) is 0 Å². The smallest absolute Gasteiger partial charge is 0.177 e. The molecule has 0 aromatic carbocycles. The fraction of sp³-hybridized carbons (Fsp3) is 0.474. The summed E-state index contributed by atoms with van der Waals surface area (Å²) in [6, 6.07) is 6.04. The van der Waals surface area contributed by atoms with E-state index in [2.05, 4.69) is 31.2 Å². The molecule has 3 aromatic rings. The first-order valence-corrected chi connectivity index (χ1v) is 9.27. The van der Waals surface area contributed by atoms with Gasteiger partial charge in [-0.2, -0.15) is 4.52 Å². The summed E-state index contributed by atoms with van der Waals surface area (Å²) in [6.07, 6.45) is 7.43. The first-order valence-electron chi connectivity index (χ1n) is 9.27. The van der Waals surface area contributed by atoms with E-state index < -0.39 is 0 Å². The molecule has 2 saturated heterocycles. The van der Waals surface area contributed by atoms with E-state index in [1.54, 1.807) is 10.8 Å². The summed E-state index contributed by atoms with van der Waals surface area (Å²) in [6.45, 7) is 5.06. The van der Waals surface area contributed by atoms with Gasteiger partial charge < -0.3 is 14.4 Å². The molecule has 0 bridgehead atoms. The molecule has 27 heavy (non-hydrogen) atoms. The second kappa shape index (κ2) is 6.54. The van der Waals surface area contributed by atoms with E-state index in [0.29, 0.717) is 6.61 Å². The quantitative estimate of drug-likeness (QED) is 0.696. The van der Waals surface area contributed by atoms with E-state index in [4.69, 9.17) is 9.47 Å². The lowest BCUT2D eigenvalue weighted by molar-refractivity contribution is -0.148. The molecule has 0 unspecified atom stereocenters. The Bertz CT molecular complexity index is 952. The molecule has 0 amide bonds. The number of anilines is 1. The Morgan fingerprint density at radius 2 is 2.22 bits per heavy atom. The van der Waals surface area contributed by atoms with Gasteiger partial charge in [-0.1, -0.05) is 6.07 Å². The number of aromatic nitrogens is 5. The molecule has 2 aliphatic rings. The molecule has 0 N–H and O–H groups in total. The third-order valence-electron chi connectivity index (χ3n) is 5.29. The van der Waals surface area contributed by atoms with Crippen LogP contribution in [0.1, 0.15) is 24.0 Å². The summed E-state index contributed by atoms with van der Waals surface area (Å²) in [5.41, 5.74) is 2.91. The maximum Gasteiger partial charge on any atom is 0.177 e. The van der Waals surface area contributed by atoms with E-state index >= 15 is 0 Å². The van der Waals surface area contributed by atoms with Gasteiger partial charge in [0.25, 0.3) is 0 Å². The highest BCUT2D eigenvalue weighted by atomic mass is 16.5. The minimum Gasteiger partial charge on any atom is -0.373 e. The number of hydrogen-bond donors (Lipinski definition) is 0. The van der Waals surface area contributed by atoms with E-state index in [0.717, 1.165) is 55.1 Å². The average molecular weight is 366 g/mol. The van der Waals surface area contributed by atoms with Crippen LogP contribution in [-0.2, 0) is 16.1 Å². The maximum absolute atomic E-state index is 6.17. The van der Waals surface area contributed by atoms with Crippen LogP contribution in [0.5, 0.6) is 0 Å². The Morgan fingerprint density at radius 1 is 1.30 bits per heavy atom. The lowest BCUT2D eigenvalue weighted by Crippen LogP contribution is -2.66. The SMILES string of the molecule is Cc1cncc(CO[C@H]2CCOC3(C2)CN(c2ccc4nncn4n2)C3)c1. The Hall–Kier alpha value is -2.58. The van der Waals surface area contributed by atoms with Crippen LogP contribution < -0.4 is 4.90 Å². The predicted octanol–water partition coefficient (Wildman–Crippen LogP) is 1.78. The molecule has 2 fully saturated rings. The van der Waals surface area contributed by atoms with Crippen molar-refractivity contribution < 1.29 is 9.47 Å². The van der Waals surface area contributed by atoms with Crippen LogP contribution in [0.25, 0.3) is 5.65 Å². The lowest BCUT2D eigenvalue weighted by Gasteiger charge is -2.53.